The molecule has 11 nitrogen and oxygen atoms in total. The minimum absolute atomic E-state index is 0.162. The average Bonchev–Trinajstić information content (AvgIpc) is 3.05. The first-order valence-electron chi connectivity index (χ1n) is 9.79. The number of rotatable bonds is 8. The minimum atomic E-state index is -3.42. The Morgan fingerprint density at radius 2 is 1.73 bits per heavy atom. The highest BCUT2D eigenvalue weighted by molar-refractivity contribution is 6.21. The summed E-state index contributed by atoms with van der Waals surface area (Å²) in [4.78, 5) is 49.6. The van der Waals surface area contributed by atoms with Gasteiger partial charge in [-0.3, -0.25) is 24.7 Å². The van der Waals surface area contributed by atoms with Crippen LogP contribution in [0.15, 0.2) is 36.9 Å². The summed E-state index contributed by atoms with van der Waals surface area (Å²) in [6.07, 6.45) is -5.67. The molecule has 0 saturated carbocycles. The lowest BCUT2D eigenvalue weighted by molar-refractivity contribution is -0.238. The molecule has 2 heterocycles. The van der Waals surface area contributed by atoms with Gasteiger partial charge in [-0.25, -0.2) is 10.2 Å². The zero-order chi connectivity index (χ0) is 24.0. The monoisotopic (exact) mass is 469 g/mol. The van der Waals surface area contributed by atoms with Crippen molar-refractivity contribution in [2.45, 2.75) is 24.9 Å². The number of fused-ring (bicyclic) bond motifs is 1. The lowest BCUT2D eigenvalue weighted by Gasteiger charge is -2.32. The molecule has 178 valence electrons. The molecule has 3 rings (SSSR count). The molecule has 0 bridgehead atoms. The first kappa shape index (κ1) is 24.2. The van der Waals surface area contributed by atoms with Crippen LogP contribution in [0.1, 0.15) is 27.1 Å². The van der Waals surface area contributed by atoms with Crippen molar-refractivity contribution in [2.24, 2.45) is 0 Å². The van der Waals surface area contributed by atoms with Crippen LogP contribution >= 0.6 is 0 Å². The van der Waals surface area contributed by atoms with E-state index in [4.69, 9.17) is 9.47 Å². The predicted molar refractivity (Wildman–Crippen MR) is 105 cm³/mol. The fourth-order valence-electron chi connectivity index (χ4n) is 3.09. The second-order valence-electron chi connectivity index (χ2n) is 6.91. The SMILES string of the molecule is C=CCC(F)(F)OCCOC(=O)NNC(=O)C1OCC(N2C(=O)c3ccccc3C2=O)CO1. The zero-order valence-electron chi connectivity index (χ0n) is 17.3. The van der Waals surface area contributed by atoms with E-state index in [-0.39, 0.29) is 24.3 Å². The van der Waals surface area contributed by atoms with Gasteiger partial charge in [0.25, 0.3) is 17.7 Å². The van der Waals surface area contributed by atoms with E-state index in [0.717, 1.165) is 11.0 Å². The predicted octanol–water partition coefficient (Wildman–Crippen LogP) is 0.967. The Bertz CT molecular complexity index is 899. The Morgan fingerprint density at radius 1 is 1.12 bits per heavy atom. The van der Waals surface area contributed by atoms with Crippen LogP contribution in [-0.2, 0) is 23.7 Å². The van der Waals surface area contributed by atoms with E-state index in [1.54, 1.807) is 24.3 Å². The van der Waals surface area contributed by atoms with Crippen molar-refractivity contribution in [3.8, 4) is 0 Å². The molecule has 1 aromatic rings. The number of imide groups is 1. The number of carbonyl (C=O) groups excluding carboxylic acids is 4. The normalized spacial score (nSPS) is 20.2. The Morgan fingerprint density at radius 3 is 2.30 bits per heavy atom. The Balaban J connectivity index is 1.37. The number of halogens is 2. The number of nitrogens with zero attached hydrogens (tertiary/aromatic N) is 1. The van der Waals surface area contributed by atoms with Gasteiger partial charge >= 0.3 is 12.2 Å². The van der Waals surface area contributed by atoms with Gasteiger partial charge in [-0.05, 0) is 12.1 Å². The van der Waals surface area contributed by atoms with E-state index >= 15 is 0 Å². The van der Waals surface area contributed by atoms with Crippen molar-refractivity contribution in [3.63, 3.8) is 0 Å². The van der Waals surface area contributed by atoms with Gasteiger partial charge in [0.2, 0.25) is 6.29 Å². The summed E-state index contributed by atoms with van der Waals surface area (Å²) in [5, 5.41) is 0. The standard InChI is InChI=1S/C20H21F2N3O8/c1-2-7-20(21,22)33-9-8-30-19(29)24-23-15(26)18-31-10-12(11-32-18)25-16(27)13-5-3-4-6-14(13)17(25)28/h2-6,12,18H,1,7-11H2,(H,23,26)(H,24,29). The van der Waals surface area contributed by atoms with E-state index in [2.05, 4.69) is 16.1 Å². The van der Waals surface area contributed by atoms with Crippen molar-refractivity contribution < 1.29 is 46.9 Å². The van der Waals surface area contributed by atoms with Crippen molar-refractivity contribution in [3.05, 3.63) is 48.0 Å². The van der Waals surface area contributed by atoms with Gasteiger partial charge in [0.1, 0.15) is 6.61 Å². The smallest absolute Gasteiger partial charge is 0.426 e. The molecule has 2 aliphatic rings. The number of ether oxygens (including phenoxy) is 4. The van der Waals surface area contributed by atoms with Crippen molar-refractivity contribution >= 4 is 23.8 Å². The highest BCUT2D eigenvalue weighted by atomic mass is 19.3. The number of hydrogen-bond donors (Lipinski definition) is 2. The number of amides is 4. The topological polar surface area (TPSA) is 132 Å². The van der Waals surface area contributed by atoms with E-state index in [1.807, 2.05) is 10.9 Å². The Labute approximate surface area is 186 Å². The maximum absolute atomic E-state index is 13.1. The third-order valence-corrected chi connectivity index (χ3v) is 4.58. The summed E-state index contributed by atoms with van der Waals surface area (Å²) in [7, 11) is 0. The van der Waals surface area contributed by atoms with E-state index in [1.165, 1.54) is 0 Å². The number of benzene rings is 1. The molecule has 0 spiro atoms. The maximum Gasteiger partial charge on any atom is 0.426 e. The van der Waals surface area contributed by atoms with Crippen LogP contribution < -0.4 is 10.9 Å². The van der Waals surface area contributed by atoms with Gasteiger partial charge in [0, 0.05) is 0 Å². The Kier molecular flexibility index (Phi) is 7.68. The molecule has 2 aliphatic heterocycles. The molecule has 1 saturated heterocycles. The van der Waals surface area contributed by atoms with Gasteiger partial charge in [-0.1, -0.05) is 18.2 Å². The lowest BCUT2D eigenvalue weighted by Crippen LogP contribution is -2.55. The van der Waals surface area contributed by atoms with Crippen molar-refractivity contribution in [1.29, 1.82) is 0 Å². The van der Waals surface area contributed by atoms with Gasteiger partial charge < -0.3 is 18.9 Å². The number of hydrazine groups is 1. The molecule has 0 aromatic heterocycles. The maximum atomic E-state index is 13.1. The largest absolute Gasteiger partial charge is 0.446 e. The van der Waals surface area contributed by atoms with Gasteiger partial charge in [-0.2, -0.15) is 8.78 Å². The quantitative estimate of drug-likeness (QED) is 0.249. The average molecular weight is 469 g/mol. The molecule has 13 heteroatoms. The molecule has 1 aromatic carbocycles. The summed E-state index contributed by atoms with van der Waals surface area (Å²) in [5.74, 6) is -1.85. The number of nitrogens with one attached hydrogen (secondary N) is 2. The summed E-state index contributed by atoms with van der Waals surface area (Å²) in [5.41, 5.74) is 4.43. The fourth-order valence-corrected chi connectivity index (χ4v) is 3.09. The van der Waals surface area contributed by atoms with Crippen LogP contribution in [0.2, 0.25) is 0 Å². The first-order chi connectivity index (χ1) is 15.7. The third kappa shape index (κ3) is 5.88. The molecule has 1 fully saturated rings. The highest BCUT2D eigenvalue weighted by Crippen LogP contribution is 2.26. The molecule has 2 N–H and O–H groups in total. The molecule has 0 unspecified atom stereocenters. The summed E-state index contributed by atoms with van der Waals surface area (Å²) in [6, 6.07) is 5.63. The highest BCUT2D eigenvalue weighted by Gasteiger charge is 2.42. The number of carbonyl (C=O) groups is 4. The number of alkyl halides is 2. The molecular weight excluding hydrogens is 448 g/mol. The second-order valence-corrected chi connectivity index (χ2v) is 6.91. The van der Waals surface area contributed by atoms with E-state index in [9.17, 15) is 28.0 Å². The van der Waals surface area contributed by atoms with Crippen LogP contribution in [0.25, 0.3) is 0 Å². The van der Waals surface area contributed by atoms with Gasteiger partial charge in [0.15, 0.2) is 0 Å². The summed E-state index contributed by atoms with van der Waals surface area (Å²) < 4.78 is 45.5. The molecule has 33 heavy (non-hydrogen) atoms. The number of hydrogen-bond acceptors (Lipinski definition) is 8. The molecule has 0 aliphatic carbocycles. The first-order valence-corrected chi connectivity index (χ1v) is 9.79. The van der Waals surface area contributed by atoms with Crippen LogP contribution in [0.4, 0.5) is 13.6 Å². The van der Waals surface area contributed by atoms with Crippen LogP contribution in [0.3, 0.4) is 0 Å². The van der Waals surface area contributed by atoms with Crippen LogP contribution in [0.5, 0.6) is 0 Å². The Hall–Kier alpha value is -3.42. The molecular formula is C20H21F2N3O8. The van der Waals surface area contributed by atoms with E-state index < -0.39 is 61.9 Å². The van der Waals surface area contributed by atoms with E-state index in [0.29, 0.717) is 0 Å². The molecule has 0 radical (unpaired) electrons. The minimum Gasteiger partial charge on any atom is -0.446 e. The van der Waals surface area contributed by atoms with Crippen molar-refractivity contribution in [1.82, 2.24) is 15.8 Å². The third-order valence-electron chi connectivity index (χ3n) is 4.58. The second kappa shape index (κ2) is 10.5. The van der Waals surface area contributed by atoms with Gasteiger partial charge in [0.05, 0.1) is 43.4 Å². The molecule has 4 amide bonds. The van der Waals surface area contributed by atoms with Crippen LogP contribution in [0, 0.1) is 0 Å². The van der Waals surface area contributed by atoms with Crippen LogP contribution in [-0.4, -0.2) is 73.6 Å². The lowest BCUT2D eigenvalue weighted by atomic mass is 10.1. The summed E-state index contributed by atoms with van der Waals surface area (Å²) >= 11 is 0. The molecule has 0 atom stereocenters. The van der Waals surface area contributed by atoms with Gasteiger partial charge in [-0.15, -0.1) is 6.58 Å². The summed E-state index contributed by atoms with van der Waals surface area (Å²) in [6.45, 7) is 1.78. The van der Waals surface area contributed by atoms with Crippen molar-refractivity contribution in [2.75, 3.05) is 26.4 Å². The fraction of sp³-hybridized carbons (Fsp3) is 0.400. The zero-order valence-corrected chi connectivity index (χ0v) is 17.3.